The summed E-state index contributed by atoms with van der Waals surface area (Å²) in [5.74, 6) is 1.38. The van der Waals surface area contributed by atoms with E-state index in [9.17, 15) is 4.79 Å². The first kappa shape index (κ1) is 18.1. The topological polar surface area (TPSA) is 84.6 Å². The lowest BCUT2D eigenvalue weighted by molar-refractivity contribution is -0.144. The number of aromatic nitrogens is 3. The van der Waals surface area contributed by atoms with E-state index in [2.05, 4.69) is 27.1 Å². The van der Waals surface area contributed by atoms with Crippen molar-refractivity contribution in [3.05, 3.63) is 30.2 Å². The first-order valence-corrected chi connectivity index (χ1v) is 9.52. The predicted octanol–water partition coefficient (Wildman–Crippen LogP) is 1.24. The van der Waals surface area contributed by atoms with Crippen LogP contribution in [0.4, 0.5) is 0 Å². The Morgan fingerprint density at radius 2 is 2.11 bits per heavy atom. The number of carbonyl (C=O) groups excluding carboxylic acids is 1. The summed E-state index contributed by atoms with van der Waals surface area (Å²) in [7, 11) is 2.11. The van der Waals surface area contributed by atoms with Crippen molar-refractivity contribution in [2.24, 2.45) is 5.92 Å². The van der Waals surface area contributed by atoms with Crippen molar-refractivity contribution < 1.29 is 14.1 Å². The number of hydrogen-bond donors (Lipinski definition) is 0. The lowest BCUT2D eigenvalue weighted by Crippen LogP contribution is -2.50. The van der Waals surface area contributed by atoms with Crippen LogP contribution in [0.25, 0.3) is 11.6 Å². The minimum Gasteiger partial charge on any atom is -0.374 e. The molecule has 2 aliphatic rings. The molecular weight excluding hydrogens is 346 g/mol. The first-order chi connectivity index (χ1) is 13.2. The summed E-state index contributed by atoms with van der Waals surface area (Å²) in [6, 6.07) is 5.55. The number of likely N-dealkylation sites (tertiary alicyclic amines) is 1. The minimum absolute atomic E-state index is 0.108. The molecule has 0 spiro atoms. The lowest BCUT2D eigenvalue weighted by atomic mass is 9.95. The molecule has 8 heteroatoms. The van der Waals surface area contributed by atoms with Crippen LogP contribution in [0.5, 0.6) is 0 Å². The van der Waals surface area contributed by atoms with Crippen molar-refractivity contribution in [3.63, 3.8) is 0 Å². The van der Waals surface area contributed by atoms with Crippen molar-refractivity contribution in [1.29, 1.82) is 0 Å². The third-order valence-electron chi connectivity index (χ3n) is 5.28. The molecule has 0 aliphatic carbocycles. The molecule has 2 saturated heterocycles. The number of nitrogens with zero attached hydrogens (tertiary/aromatic N) is 5. The Hall–Kier alpha value is -2.32. The maximum absolute atomic E-state index is 12.8. The normalized spacial score (nSPS) is 22.1. The summed E-state index contributed by atoms with van der Waals surface area (Å²) < 4.78 is 11.1. The Morgan fingerprint density at radius 3 is 2.89 bits per heavy atom. The molecule has 2 fully saturated rings. The van der Waals surface area contributed by atoms with Gasteiger partial charge in [-0.25, -0.2) is 0 Å². The number of ether oxygens (including phenoxy) is 1. The monoisotopic (exact) mass is 371 g/mol. The molecular formula is C19H25N5O3. The van der Waals surface area contributed by atoms with Gasteiger partial charge in [-0.05, 0) is 45.1 Å². The number of morpholine rings is 1. The minimum atomic E-state index is -0.108. The van der Waals surface area contributed by atoms with Gasteiger partial charge in [0.1, 0.15) is 5.69 Å². The predicted molar refractivity (Wildman–Crippen MR) is 97.8 cm³/mol. The first-order valence-electron chi connectivity index (χ1n) is 9.52. The van der Waals surface area contributed by atoms with Crippen LogP contribution in [0.2, 0.25) is 0 Å². The van der Waals surface area contributed by atoms with E-state index in [1.807, 2.05) is 23.1 Å². The Bertz CT molecular complexity index is 758. The van der Waals surface area contributed by atoms with E-state index in [4.69, 9.17) is 9.26 Å². The number of amides is 1. The fourth-order valence-electron chi connectivity index (χ4n) is 3.69. The molecule has 4 rings (SSSR count). The van der Waals surface area contributed by atoms with Crippen molar-refractivity contribution in [3.8, 4) is 11.6 Å². The highest BCUT2D eigenvalue weighted by Crippen LogP contribution is 2.21. The maximum atomic E-state index is 12.8. The summed E-state index contributed by atoms with van der Waals surface area (Å²) in [5.41, 5.74) is 0.653. The fourth-order valence-corrected chi connectivity index (χ4v) is 3.69. The van der Waals surface area contributed by atoms with E-state index in [-0.39, 0.29) is 17.9 Å². The molecule has 2 aromatic rings. The van der Waals surface area contributed by atoms with E-state index in [1.54, 1.807) is 6.20 Å². The molecule has 0 radical (unpaired) electrons. The molecule has 8 nitrogen and oxygen atoms in total. The molecule has 0 bridgehead atoms. The standard InChI is InChI=1S/C19H25N5O3/c1-23-8-5-14(6-9-23)19(25)24-10-11-26-15(13-24)12-17-21-18(27-22-17)16-4-2-3-7-20-16/h2-4,7,14-15H,5-6,8-13H2,1H3/t15-/m1/s1. The molecule has 1 amide bonds. The van der Waals surface area contributed by atoms with Gasteiger partial charge >= 0.3 is 0 Å². The zero-order valence-electron chi connectivity index (χ0n) is 15.6. The summed E-state index contributed by atoms with van der Waals surface area (Å²) in [4.78, 5) is 25.7. The van der Waals surface area contributed by atoms with Crippen LogP contribution in [0.15, 0.2) is 28.9 Å². The second-order valence-corrected chi connectivity index (χ2v) is 7.29. The third-order valence-corrected chi connectivity index (χ3v) is 5.28. The van der Waals surface area contributed by atoms with Crippen LogP contribution in [-0.2, 0) is 16.0 Å². The van der Waals surface area contributed by atoms with Crippen molar-refractivity contribution >= 4 is 5.91 Å². The van der Waals surface area contributed by atoms with Crippen molar-refractivity contribution in [2.75, 3.05) is 39.8 Å². The highest BCUT2D eigenvalue weighted by Gasteiger charge is 2.31. The van der Waals surface area contributed by atoms with Crippen molar-refractivity contribution in [2.45, 2.75) is 25.4 Å². The van der Waals surface area contributed by atoms with Gasteiger partial charge in [0.15, 0.2) is 5.82 Å². The second-order valence-electron chi connectivity index (χ2n) is 7.29. The van der Waals surface area contributed by atoms with Crippen molar-refractivity contribution in [1.82, 2.24) is 24.9 Å². The highest BCUT2D eigenvalue weighted by atomic mass is 16.5. The van der Waals surface area contributed by atoms with Gasteiger partial charge in [0.25, 0.3) is 5.89 Å². The Labute approximate surface area is 158 Å². The van der Waals surface area contributed by atoms with Crippen LogP contribution in [0, 0.1) is 5.92 Å². The van der Waals surface area contributed by atoms with E-state index >= 15 is 0 Å². The van der Waals surface area contributed by atoms with Gasteiger partial charge in [-0.3, -0.25) is 9.78 Å². The molecule has 0 N–H and O–H groups in total. The zero-order valence-corrected chi connectivity index (χ0v) is 15.6. The summed E-state index contributed by atoms with van der Waals surface area (Å²) in [5, 5.41) is 4.04. The quantitative estimate of drug-likeness (QED) is 0.799. The number of piperidine rings is 1. The van der Waals surface area contributed by atoms with E-state index in [0.717, 1.165) is 25.9 Å². The SMILES string of the molecule is CN1CCC(C(=O)N2CCO[C@H](Cc3noc(-c4ccccn4)n3)C2)CC1. The molecule has 2 aromatic heterocycles. The van der Waals surface area contributed by atoms with Crippen LogP contribution >= 0.6 is 0 Å². The van der Waals surface area contributed by atoms with Gasteiger partial charge in [0.05, 0.1) is 12.7 Å². The van der Waals surface area contributed by atoms with Gasteiger partial charge in [-0.2, -0.15) is 4.98 Å². The van der Waals surface area contributed by atoms with Crippen LogP contribution in [-0.4, -0.2) is 76.8 Å². The van der Waals surface area contributed by atoms with E-state index < -0.39 is 0 Å². The largest absolute Gasteiger partial charge is 0.374 e. The molecule has 4 heterocycles. The van der Waals surface area contributed by atoms with Gasteiger partial charge in [-0.1, -0.05) is 11.2 Å². The molecule has 0 aromatic carbocycles. The highest BCUT2D eigenvalue weighted by molar-refractivity contribution is 5.79. The third kappa shape index (κ3) is 4.33. The fraction of sp³-hybridized carbons (Fsp3) is 0.579. The molecule has 0 saturated carbocycles. The van der Waals surface area contributed by atoms with Gasteiger partial charge in [0, 0.05) is 31.6 Å². The number of hydrogen-bond acceptors (Lipinski definition) is 7. The summed E-state index contributed by atoms with van der Waals surface area (Å²) >= 11 is 0. The Kier molecular flexibility index (Phi) is 5.45. The van der Waals surface area contributed by atoms with Gasteiger partial charge < -0.3 is 19.1 Å². The van der Waals surface area contributed by atoms with Crippen LogP contribution < -0.4 is 0 Å². The van der Waals surface area contributed by atoms with Gasteiger partial charge in [-0.15, -0.1) is 0 Å². The number of carbonyl (C=O) groups is 1. The smallest absolute Gasteiger partial charge is 0.276 e. The van der Waals surface area contributed by atoms with Crippen LogP contribution in [0.3, 0.4) is 0 Å². The molecule has 0 unspecified atom stereocenters. The second kappa shape index (κ2) is 8.14. The van der Waals surface area contributed by atoms with E-state index in [1.165, 1.54) is 0 Å². The van der Waals surface area contributed by atoms with E-state index in [0.29, 0.717) is 43.5 Å². The summed E-state index contributed by atoms with van der Waals surface area (Å²) in [6.45, 7) is 3.77. The summed E-state index contributed by atoms with van der Waals surface area (Å²) in [6.07, 6.45) is 3.98. The average Bonchev–Trinajstić information content (AvgIpc) is 3.17. The van der Waals surface area contributed by atoms with Crippen LogP contribution in [0.1, 0.15) is 18.7 Å². The molecule has 144 valence electrons. The van der Waals surface area contributed by atoms with Gasteiger partial charge in [0.2, 0.25) is 5.91 Å². The number of rotatable bonds is 4. The maximum Gasteiger partial charge on any atom is 0.276 e. The Morgan fingerprint density at radius 1 is 1.26 bits per heavy atom. The number of pyridine rings is 1. The average molecular weight is 371 g/mol. The molecule has 2 aliphatic heterocycles. The Balaban J connectivity index is 1.35. The zero-order chi connectivity index (χ0) is 18.6. The molecule has 27 heavy (non-hydrogen) atoms. The molecule has 1 atom stereocenters. The lowest BCUT2D eigenvalue weighted by Gasteiger charge is -2.36.